The summed E-state index contributed by atoms with van der Waals surface area (Å²) in [5.41, 5.74) is 0. The quantitative estimate of drug-likeness (QED) is 0.453. The topological polar surface area (TPSA) is 9.23 Å². The normalized spacial score (nSPS) is 9.83. The Bertz CT molecular complexity index is 28.7. The zero-order chi connectivity index (χ0) is 4.99. The Kier molecular flexibility index (Phi) is 3.98. The van der Waals surface area contributed by atoms with Crippen molar-refractivity contribution in [2.45, 2.75) is 13.8 Å². The smallest absolute Gasteiger partial charge is 0.410 e. The Balaban J connectivity index is 2.63. The van der Waals surface area contributed by atoms with Crippen LogP contribution >= 0.6 is 0 Å². The number of rotatable bonds is 2. The zero-order valence-corrected chi connectivity index (χ0v) is 6.69. The molecule has 0 atom stereocenters. The molecule has 0 aliphatic heterocycles. The van der Waals surface area contributed by atoms with E-state index >= 15 is 0 Å². The molecule has 0 unspecified atom stereocenters. The second-order valence-corrected chi connectivity index (χ2v) is 2.43. The van der Waals surface area contributed by atoms with Gasteiger partial charge in [-0.1, -0.05) is 13.8 Å². The molecule has 36 valence electrons. The number of hydrogen-bond donors (Lipinski definition) is 0. The van der Waals surface area contributed by atoms with Crippen LogP contribution in [0.3, 0.4) is 0 Å². The van der Waals surface area contributed by atoms with Crippen LogP contribution in [0.4, 0.5) is 0 Å². The van der Waals surface area contributed by atoms with Crippen molar-refractivity contribution in [2.24, 2.45) is 5.92 Å². The molecule has 0 spiro atoms. The van der Waals surface area contributed by atoms with E-state index < -0.39 is 0 Å². The van der Waals surface area contributed by atoms with E-state index in [0.29, 0.717) is 5.92 Å². The van der Waals surface area contributed by atoms with E-state index in [4.69, 9.17) is 3.79 Å². The Hall–Kier alpha value is 0.492. The summed E-state index contributed by atoms with van der Waals surface area (Å²) in [5, 5.41) is 0. The Labute approximate surface area is 47.4 Å². The minimum absolute atomic E-state index is 0.711. The minimum atomic E-state index is 0.711. The maximum atomic E-state index is 4.94. The second kappa shape index (κ2) is 3.67. The average molecular weight is 102 g/mol. The van der Waals surface area contributed by atoms with Gasteiger partial charge in [-0.2, -0.15) is 0 Å². The van der Waals surface area contributed by atoms with Crippen LogP contribution in [0.1, 0.15) is 13.8 Å². The van der Waals surface area contributed by atoms with Gasteiger partial charge in [0.2, 0.25) is 0 Å². The predicted octanol–water partition coefficient (Wildman–Crippen LogP) is 0.207. The number of hydrogen-bond acceptors (Lipinski definition) is 1. The molecule has 0 N–H and O–H groups in total. The molecule has 0 radical (unpaired) electrons. The van der Waals surface area contributed by atoms with E-state index in [-0.39, 0.29) is 0 Å². The lowest BCUT2D eigenvalue weighted by Crippen LogP contribution is -1.97. The summed E-state index contributed by atoms with van der Waals surface area (Å²) >= 11 is 0.887. The van der Waals surface area contributed by atoms with Gasteiger partial charge in [-0.05, 0) is 5.92 Å². The lowest BCUT2D eigenvalue weighted by Gasteiger charge is -1.99. The molecule has 2 heteroatoms. The van der Waals surface area contributed by atoms with Gasteiger partial charge in [-0.25, -0.2) is 0 Å². The fraction of sp³-hybridized carbons (Fsp3) is 1.00. The van der Waals surface area contributed by atoms with Gasteiger partial charge in [0.25, 0.3) is 0 Å². The van der Waals surface area contributed by atoms with Gasteiger partial charge in [0, 0.05) is 6.61 Å². The summed E-state index contributed by atoms with van der Waals surface area (Å²) in [6.45, 7) is 5.24. The highest BCUT2D eigenvalue weighted by molar-refractivity contribution is 5.97. The Morgan fingerprint density at radius 2 is 2.17 bits per heavy atom. The van der Waals surface area contributed by atoms with Crippen molar-refractivity contribution in [3.05, 3.63) is 0 Å². The summed E-state index contributed by atoms with van der Waals surface area (Å²) in [6, 6.07) is 0. The van der Waals surface area contributed by atoms with Gasteiger partial charge in [0.15, 0.2) is 0 Å². The third-order valence-electron chi connectivity index (χ3n) is 0.500. The molecule has 6 heavy (non-hydrogen) atoms. The van der Waals surface area contributed by atoms with Crippen LogP contribution in [-0.4, -0.2) is 23.2 Å². The van der Waals surface area contributed by atoms with Crippen molar-refractivity contribution >= 4 is 16.6 Å². The van der Waals surface area contributed by atoms with Crippen molar-refractivity contribution in [1.29, 1.82) is 0 Å². The van der Waals surface area contributed by atoms with Crippen molar-refractivity contribution < 1.29 is 3.79 Å². The van der Waals surface area contributed by atoms with E-state index in [2.05, 4.69) is 13.8 Å². The maximum absolute atomic E-state index is 4.94. The van der Waals surface area contributed by atoms with Crippen molar-refractivity contribution in [3.8, 4) is 0 Å². The van der Waals surface area contributed by atoms with E-state index in [1.807, 2.05) is 0 Å². The van der Waals surface area contributed by atoms with Crippen LogP contribution in [0.25, 0.3) is 0 Å². The van der Waals surface area contributed by atoms with Gasteiger partial charge in [0.05, 0.1) is 0 Å². The maximum Gasteiger partial charge on any atom is 0.410 e. The highest BCUT2D eigenvalue weighted by Gasteiger charge is 1.85. The van der Waals surface area contributed by atoms with Crippen molar-refractivity contribution in [2.75, 3.05) is 6.61 Å². The Morgan fingerprint density at radius 3 is 2.17 bits per heavy atom. The summed E-state index contributed by atoms with van der Waals surface area (Å²) in [6.07, 6.45) is 0. The van der Waals surface area contributed by atoms with Gasteiger partial charge in [0.1, 0.15) is 0 Å². The molecule has 1 nitrogen and oxygen atoms in total. The SMILES string of the molecule is CC(C)C[O][AlH2]. The molecule has 0 aliphatic rings. The first-order valence-corrected chi connectivity index (χ1v) is 3.08. The third kappa shape index (κ3) is 4.49. The Morgan fingerprint density at radius 1 is 1.67 bits per heavy atom. The molecule has 0 amide bonds. The van der Waals surface area contributed by atoms with E-state index in [0.717, 1.165) is 23.2 Å². The molecule has 0 saturated carbocycles. The average Bonchev–Trinajstić information content (AvgIpc) is 1.35. The second-order valence-electron chi connectivity index (χ2n) is 1.85. The zero-order valence-electron chi connectivity index (χ0n) is 4.69. The highest BCUT2D eigenvalue weighted by atomic mass is 27.1. The lowest BCUT2D eigenvalue weighted by molar-refractivity contribution is 0.295. The largest absolute Gasteiger partial charge is 0.506 e. The molecule has 0 fully saturated rings. The van der Waals surface area contributed by atoms with Gasteiger partial charge < -0.3 is 3.79 Å². The molecule has 0 aliphatic carbocycles. The van der Waals surface area contributed by atoms with Gasteiger partial charge in [-0.3, -0.25) is 0 Å². The molecule has 0 heterocycles. The lowest BCUT2D eigenvalue weighted by atomic mass is 10.2. The first-order valence-electron chi connectivity index (χ1n) is 2.26. The molecule has 0 rings (SSSR count). The highest BCUT2D eigenvalue weighted by Crippen LogP contribution is 1.87. The summed E-state index contributed by atoms with van der Waals surface area (Å²) in [4.78, 5) is 0. The van der Waals surface area contributed by atoms with Crippen molar-refractivity contribution in [3.63, 3.8) is 0 Å². The standard InChI is InChI=1S/C4H9O.Al.2H/c1-4(2)3-5;;;/h4H,3H2,1-2H3;;;/q-1;+1;;. The van der Waals surface area contributed by atoms with E-state index in [9.17, 15) is 0 Å². The molecule has 0 aromatic heterocycles. The van der Waals surface area contributed by atoms with E-state index in [1.54, 1.807) is 0 Å². The van der Waals surface area contributed by atoms with Gasteiger partial charge >= 0.3 is 16.6 Å². The molecule has 0 saturated heterocycles. The fourth-order valence-electron chi connectivity index (χ4n) is 0.333. The first kappa shape index (κ1) is 6.49. The van der Waals surface area contributed by atoms with Crippen LogP contribution in [0, 0.1) is 5.92 Å². The predicted molar refractivity (Wildman–Crippen MR) is 29.3 cm³/mol. The third-order valence-corrected chi connectivity index (χ3v) is 0.833. The van der Waals surface area contributed by atoms with Crippen LogP contribution in [0.5, 0.6) is 0 Å². The summed E-state index contributed by atoms with van der Waals surface area (Å²) < 4.78 is 4.94. The van der Waals surface area contributed by atoms with Gasteiger partial charge in [-0.15, -0.1) is 0 Å². The van der Waals surface area contributed by atoms with Crippen molar-refractivity contribution in [1.82, 2.24) is 0 Å². The minimum Gasteiger partial charge on any atom is -0.506 e. The monoisotopic (exact) mass is 102 g/mol. The van der Waals surface area contributed by atoms with E-state index in [1.165, 1.54) is 0 Å². The first-order chi connectivity index (χ1) is 2.77. The molecule has 0 aromatic carbocycles. The summed E-state index contributed by atoms with van der Waals surface area (Å²) in [7, 11) is 0. The molecular formula is C4H11AlO. The van der Waals surface area contributed by atoms with Crippen LogP contribution in [0.15, 0.2) is 0 Å². The summed E-state index contributed by atoms with van der Waals surface area (Å²) in [5.74, 6) is 0.711. The molecule has 0 bridgehead atoms. The van der Waals surface area contributed by atoms with Crippen LogP contribution in [-0.2, 0) is 3.79 Å². The molecular weight excluding hydrogens is 91.0 g/mol. The van der Waals surface area contributed by atoms with Crippen LogP contribution < -0.4 is 0 Å². The fourth-order valence-corrected chi connectivity index (χ4v) is 1.00. The molecule has 0 aromatic rings. The van der Waals surface area contributed by atoms with Crippen LogP contribution in [0.2, 0.25) is 0 Å².